The summed E-state index contributed by atoms with van der Waals surface area (Å²) in [6.07, 6.45) is 4.00. The summed E-state index contributed by atoms with van der Waals surface area (Å²) in [7, 11) is 0. The first-order chi connectivity index (χ1) is 6.18. The van der Waals surface area contributed by atoms with Crippen molar-refractivity contribution in [1.82, 2.24) is 5.01 Å². The van der Waals surface area contributed by atoms with Gasteiger partial charge >= 0.3 is 0 Å². The van der Waals surface area contributed by atoms with Crippen molar-refractivity contribution in [2.75, 3.05) is 0 Å². The zero-order valence-corrected chi connectivity index (χ0v) is 8.18. The standard InChI is InChI=1S/C9H14N4/c1-6(2)13-9-8(5-11-13)4-10-7(3)12-9/h4-6,8-9H,1-3H3. The van der Waals surface area contributed by atoms with E-state index in [0.29, 0.717) is 6.04 Å². The lowest BCUT2D eigenvalue weighted by atomic mass is 10.1. The topological polar surface area (TPSA) is 40.3 Å². The van der Waals surface area contributed by atoms with E-state index in [0.717, 1.165) is 5.84 Å². The summed E-state index contributed by atoms with van der Waals surface area (Å²) in [5, 5.41) is 6.35. The molecule has 0 aromatic rings. The molecule has 13 heavy (non-hydrogen) atoms. The quantitative estimate of drug-likeness (QED) is 0.593. The third kappa shape index (κ3) is 1.36. The molecule has 0 bridgehead atoms. The maximum atomic E-state index is 4.47. The van der Waals surface area contributed by atoms with Gasteiger partial charge in [0.25, 0.3) is 0 Å². The fraction of sp³-hybridized carbons (Fsp3) is 0.667. The van der Waals surface area contributed by atoms with Crippen LogP contribution in [-0.4, -0.2) is 35.5 Å². The van der Waals surface area contributed by atoms with E-state index in [4.69, 9.17) is 0 Å². The minimum absolute atomic E-state index is 0.150. The minimum Gasteiger partial charge on any atom is -0.269 e. The molecular formula is C9H14N4. The Labute approximate surface area is 78.1 Å². The molecule has 4 nitrogen and oxygen atoms in total. The van der Waals surface area contributed by atoms with Crippen LogP contribution in [0.4, 0.5) is 0 Å². The van der Waals surface area contributed by atoms with Crippen LogP contribution in [0.3, 0.4) is 0 Å². The molecule has 70 valence electrons. The van der Waals surface area contributed by atoms with E-state index in [-0.39, 0.29) is 12.1 Å². The molecule has 2 aliphatic rings. The van der Waals surface area contributed by atoms with Crippen LogP contribution in [0.1, 0.15) is 20.8 Å². The molecule has 0 aromatic heterocycles. The van der Waals surface area contributed by atoms with Gasteiger partial charge in [-0.15, -0.1) is 0 Å². The van der Waals surface area contributed by atoms with Crippen LogP contribution in [0.2, 0.25) is 0 Å². The summed E-state index contributed by atoms with van der Waals surface area (Å²) in [5.74, 6) is 1.11. The van der Waals surface area contributed by atoms with Gasteiger partial charge in [0.05, 0.1) is 5.92 Å². The molecule has 2 unspecified atom stereocenters. The fourth-order valence-electron chi connectivity index (χ4n) is 1.59. The van der Waals surface area contributed by atoms with E-state index < -0.39 is 0 Å². The van der Waals surface area contributed by atoms with Crippen molar-refractivity contribution in [3.63, 3.8) is 0 Å². The lowest BCUT2D eigenvalue weighted by molar-refractivity contribution is 0.177. The van der Waals surface area contributed by atoms with Crippen molar-refractivity contribution in [3.05, 3.63) is 0 Å². The van der Waals surface area contributed by atoms with Gasteiger partial charge in [0.15, 0.2) is 6.17 Å². The normalized spacial score (nSPS) is 31.1. The molecule has 0 aliphatic carbocycles. The van der Waals surface area contributed by atoms with Crippen LogP contribution in [0.15, 0.2) is 15.1 Å². The monoisotopic (exact) mass is 178 g/mol. The van der Waals surface area contributed by atoms with E-state index in [9.17, 15) is 0 Å². The number of fused-ring (bicyclic) bond motifs is 1. The SMILES string of the molecule is CC1=NC2C(C=N1)C=NN2C(C)C. The highest BCUT2D eigenvalue weighted by Gasteiger charge is 2.32. The molecule has 0 radical (unpaired) electrons. The second kappa shape index (κ2) is 2.94. The van der Waals surface area contributed by atoms with E-state index in [2.05, 4.69) is 28.9 Å². The predicted octanol–water partition coefficient (Wildman–Crippen LogP) is 1.14. The molecule has 2 heterocycles. The maximum Gasteiger partial charge on any atom is 0.152 e. The van der Waals surface area contributed by atoms with Gasteiger partial charge in [0.2, 0.25) is 0 Å². The summed E-state index contributed by atoms with van der Waals surface area (Å²) in [5.41, 5.74) is 0. The van der Waals surface area contributed by atoms with Gasteiger partial charge in [0, 0.05) is 18.5 Å². The fourth-order valence-corrected chi connectivity index (χ4v) is 1.59. The molecule has 0 fully saturated rings. The highest BCUT2D eigenvalue weighted by atomic mass is 15.5. The van der Waals surface area contributed by atoms with Crippen molar-refractivity contribution in [2.45, 2.75) is 33.0 Å². The lowest BCUT2D eigenvalue weighted by Gasteiger charge is -2.27. The Kier molecular flexibility index (Phi) is 1.90. The summed E-state index contributed by atoms with van der Waals surface area (Å²) in [6.45, 7) is 6.16. The molecule has 2 aliphatic heterocycles. The molecule has 0 saturated heterocycles. The van der Waals surface area contributed by atoms with E-state index in [1.165, 1.54) is 0 Å². The van der Waals surface area contributed by atoms with Crippen molar-refractivity contribution in [1.29, 1.82) is 0 Å². The highest BCUT2D eigenvalue weighted by Crippen LogP contribution is 2.22. The molecule has 2 rings (SSSR count). The molecule has 4 heteroatoms. The first kappa shape index (κ1) is 8.41. The van der Waals surface area contributed by atoms with Crippen LogP contribution < -0.4 is 0 Å². The number of amidine groups is 1. The van der Waals surface area contributed by atoms with Gasteiger partial charge in [-0.05, 0) is 20.8 Å². The van der Waals surface area contributed by atoms with E-state index >= 15 is 0 Å². The van der Waals surface area contributed by atoms with Crippen LogP contribution in [-0.2, 0) is 0 Å². The summed E-state index contributed by atoms with van der Waals surface area (Å²) >= 11 is 0. The summed E-state index contributed by atoms with van der Waals surface area (Å²) < 4.78 is 0. The van der Waals surface area contributed by atoms with Crippen LogP contribution >= 0.6 is 0 Å². The summed E-state index contributed by atoms with van der Waals surface area (Å²) in [6, 6.07) is 0.397. The first-order valence-corrected chi connectivity index (χ1v) is 4.59. The predicted molar refractivity (Wildman–Crippen MR) is 54.3 cm³/mol. The van der Waals surface area contributed by atoms with E-state index in [1.54, 1.807) is 0 Å². The average Bonchev–Trinajstić information content (AvgIpc) is 2.46. The molecule has 0 amide bonds. The van der Waals surface area contributed by atoms with Gasteiger partial charge in [-0.2, -0.15) is 5.10 Å². The van der Waals surface area contributed by atoms with Crippen LogP contribution in [0, 0.1) is 5.92 Å². The number of hydrazone groups is 1. The van der Waals surface area contributed by atoms with Crippen LogP contribution in [0.25, 0.3) is 0 Å². The zero-order chi connectivity index (χ0) is 9.42. The number of nitrogens with zero attached hydrogens (tertiary/aromatic N) is 4. The number of hydrogen-bond donors (Lipinski definition) is 0. The highest BCUT2D eigenvalue weighted by molar-refractivity contribution is 5.97. The van der Waals surface area contributed by atoms with Gasteiger partial charge in [-0.1, -0.05) is 0 Å². The maximum absolute atomic E-state index is 4.47. The Morgan fingerprint density at radius 2 is 2.15 bits per heavy atom. The molecule has 0 aromatic carbocycles. The van der Waals surface area contributed by atoms with Crippen molar-refractivity contribution >= 4 is 18.3 Å². The third-order valence-corrected chi connectivity index (χ3v) is 2.27. The Morgan fingerprint density at radius 1 is 1.38 bits per heavy atom. The Hall–Kier alpha value is -1.19. The molecule has 0 saturated carbocycles. The summed E-state index contributed by atoms with van der Waals surface area (Å²) in [4.78, 5) is 8.64. The molecule has 2 atom stereocenters. The smallest absolute Gasteiger partial charge is 0.152 e. The van der Waals surface area contributed by atoms with Crippen molar-refractivity contribution in [2.24, 2.45) is 21.0 Å². The number of aliphatic imine (C=N–C) groups is 2. The van der Waals surface area contributed by atoms with Crippen molar-refractivity contribution < 1.29 is 0 Å². The average molecular weight is 178 g/mol. The van der Waals surface area contributed by atoms with Gasteiger partial charge in [-0.25, -0.2) is 9.98 Å². The molecule has 0 N–H and O–H groups in total. The van der Waals surface area contributed by atoms with Gasteiger partial charge < -0.3 is 0 Å². The molecule has 0 spiro atoms. The van der Waals surface area contributed by atoms with Crippen LogP contribution in [0.5, 0.6) is 0 Å². The largest absolute Gasteiger partial charge is 0.269 e. The van der Waals surface area contributed by atoms with Gasteiger partial charge in [-0.3, -0.25) is 5.01 Å². The number of rotatable bonds is 1. The number of hydrogen-bond acceptors (Lipinski definition) is 4. The Bertz CT molecular complexity index is 290. The first-order valence-electron chi connectivity index (χ1n) is 4.59. The van der Waals surface area contributed by atoms with Gasteiger partial charge in [0.1, 0.15) is 5.84 Å². The van der Waals surface area contributed by atoms with Crippen molar-refractivity contribution in [3.8, 4) is 0 Å². The minimum atomic E-state index is 0.150. The second-order valence-electron chi connectivity index (χ2n) is 3.68. The molecular weight excluding hydrogens is 164 g/mol. The second-order valence-corrected chi connectivity index (χ2v) is 3.68. The third-order valence-electron chi connectivity index (χ3n) is 2.27. The van der Waals surface area contributed by atoms with E-state index in [1.807, 2.05) is 24.4 Å². The Morgan fingerprint density at radius 3 is 2.85 bits per heavy atom. The lowest BCUT2D eigenvalue weighted by Crippen LogP contribution is -2.37. The Balaban J connectivity index is 2.22. The zero-order valence-electron chi connectivity index (χ0n) is 8.18.